The lowest BCUT2D eigenvalue weighted by molar-refractivity contribution is -0.142. The molecule has 0 saturated carbocycles. The number of carbonyl (C=O) groups is 1. The fraction of sp³-hybridized carbons (Fsp3) is 0.167. The van der Waals surface area contributed by atoms with E-state index in [-0.39, 0.29) is 11.5 Å². The van der Waals surface area contributed by atoms with Gasteiger partial charge in [0.25, 0.3) is 0 Å². The number of hydrogen-bond acceptors (Lipinski definition) is 4. The van der Waals surface area contributed by atoms with Gasteiger partial charge in [0.1, 0.15) is 19.0 Å². The Morgan fingerprint density at radius 2 is 1.76 bits per heavy atom. The second kappa shape index (κ2) is 8.55. The van der Waals surface area contributed by atoms with Crippen molar-refractivity contribution in [3.05, 3.63) is 72.1 Å². The number of benzene rings is 2. The summed E-state index contributed by atoms with van der Waals surface area (Å²) in [6, 6.07) is 13.9. The maximum Gasteiger partial charge on any atom is 0.321 e. The predicted molar refractivity (Wildman–Crippen MR) is 92.7 cm³/mol. The van der Waals surface area contributed by atoms with Gasteiger partial charge in [-0.15, -0.1) is 0 Å². The number of hydrogen-bond donors (Lipinski definition) is 0. The quantitative estimate of drug-likeness (QED) is 0.710. The monoisotopic (exact) mass is 363 g/mol. The molecule has 0 aliphatic heterocycles. The third-order valence-corrected chi connectivity index (χ3v) is 5.14. The Hall–Kier alpha value is -2.51. The van der Waals surface area contributed by atoms with Crippen LogP contribution in [0.2, 0.25) is 0 Å². The van der Waals surface area contributed by atoms with Crippen LogP contribution in [0.1, 0.15) is 5.56 Å². The number of esters is 1. The van der Waals surface area contributed by atoms with E-state index in [4.69, 9.17) is 4.74 Å². The molecule has 0 heterocycles. The number of carbonyl (C=O) groups excluding carboxylic acids is 1. The molecule has 0 spiro atoms. The molecule has 0 aromatic heterocycles. The van der Waals surface area contributed by atoms with E-state index in [0.29, 0.717) is 0 Å². The molecule has 2 aromatic rings. The van der Waals surface area contributed by atoms with E-state index < -0.39 is 28.4 Å². The summed E-state index contributed by atoms with van der Waals surface area (Å²) in [5.74, 6) is -1.21. The van der Waals surface area contributed by atoms with Crippen molar-refractivity contribution >= 4 is 22.1 Å². The molecule has 5 nitrogen and oxygen atoms in total. The summed E-state index contributed by atoms with van der Waals surface area (Å²) in [5.41, 5.74) is 0.967. The molecule has 0 fully saturated rings. The maximum absolute atomic E-state index is 12.9. The lowest BCUT2D eigenvalue weighted by Crippen LogP contribution is -2.33. The van der Waals surface area contributed by atoms with Crippen LogP contribution >= 0.6 is 0 Å². The van der Waals surface area contributed by atoms with E-state index in [1.807, 2.05) is 30.3 Å². The van der Waals surface area contributed by atoms with Gasteiger partial charge in [0, 0.05) is 7.05 Å². The Balaban J connectivity index is 1.87. The van der Waals surface area contributed by atoms with Crippen molar-refractivity contribution in [1.29, 1.82) is 0 Å². The van der Waals surface area contributed by atoms with Gasteiger partial charge >= 0.3 is 5.97 Å². The molecule has 0 aliphatic carbocycles. The molecule has 2 rings (SSSR count). The molecule has 7 heteroatoms. The molecule has 0 amide bonds. The summed E-state index contributed by atoms with van der Waals surface area (Å²) in [7, 11) is -2.61. The van der Waals surface area contributed by atoms with E-state index in [2.05, 4.69) is 0 Å². The average molecular weight is 363 g/mol. The van der Waals surface area contributed by atoms with E-state index in [1.54, 1.807) is 12.2 Å². The van der Waals surface area contributed by atoms with Crippen LogP contribution in [0.5, 0.6) is 0 Å². The Kier molecular flexibility index (Phi) is 6.44. The number of nitrogens with zero attached hydrogens (tertiary/aromatic N) is 1. The van der Waals surface area contributed by atoms with Crippen molar-refractivity contribution < 1.29 is 22.3 Å². The van der Waals surface area contributed by atoms with Gasteiger partial charge < -0.3 is 4.74 Å². The molecule has 2 aromatic carbocycles. The summed E-state index contributed by atoms with van der Waals surface area (Å²) in [4.78, 5) is 11.7. The predicted octanol–water partition coefficient (Wildman–Crippen LogP) is 2.70. The number of likely N-dealkylation sites (N-methyl/N-ethyl adjacent to an activating group) is 1. The first kappa shape index (κ1) is 18.8. The normalized spacial score (nSPS) is 11.8. The first-order valence-corrected chi connectivity index (χ1v) is 8.93. The van der Waals surface area contributed by atoms with Gasteiger partial charge in [0.15, 0.2) is 0 Å². The minimum atomic E-state index is -3.88. The smallest absolute Gasteiger partial charge is 0.321 e. The van der Waals surface area contributed by atoms with E-state index in [9.17, 15) is 17.6 Å². The summed E-state index contributed by atoms with van der Waals surface area (Å²) >= 11 is 0. The van der Waals surface area contributed by atoms with Gasteiger partial charge in [-0.25, -0.2) is 12.8 Å². The van der Waals surface area contributed by atoms with Gasteiger partial charge in [0.05, 0.1) is 4.90 Å². The molecule has 0 aliphatic rings. The topological polar surface area (TPSA) is 63.7 Å². The van der Waals surface area contributed by atoms with Crippen LogP contribution in [0.4, 0.5) is 4.39 Å². The van der Waals surface area contributed by atoms with Crippen LogP contribution in [-0.2, 0) is 19.6 Å². The highest BCUT2D eigenvalue weighted by Gasteiger charge is 2.23. The molecular formula is C18H18FNO4S. The molecule has 25 heavy (non-hydrogen) atoms. The van der Waals surface area contributed by atoms with Gasteiger partial charge in [-0.2, -0.15) is 4.31 Å². The molecule has 0 radical (unpaired) electrons. The zero-order chi connectivity index (χ0) is 18.3. The number of ether oxygens (including phenoxy) is 1. The SMILES string of the molecule is CN(CC(=O)OC/C=C/c1ccccc1)S(=O)(=O)c1ccc(F)cc1. The Bertz CT molecular complexity index is 833. The standard InChI is InChI=1S/C18H18FNO4S/c1-20(25(22,23)17-11-9-16(19)10-12-17)14-18(21)24-13-5-8-15-6-3-2-4-7-15/h2-12H,13-14H2,1H3/b8-5+. The van der Waals surface area contributed by atoms with Crippen molar-refractivity contribution in [3.63, 3.8) is 0 Å². The summed E-state index contributed by atoms with van der Waals surface area (Å²) in [5, 5.41) is 0. The van der Waals surface area contributed by atoms with Crippen molar-refractivity contribution in [2.75, 3.05) is 20.2 Å². The Labute approximate surface area is 146 Å². The van der Waals surface area contributed by atoms with Gasteiger partial charge in [-0.3, -0.25) is 4.79 Å². The molecule has 0 bridgehead atoms. The van der Waals surface area contributed by atoms with Crippen LogP contribution in [-0.4, -0.2) is 38.9 Å². The number of halogens is 1. The minimum absolute atomic E-state index is 0.0398. The average Bonchev–Trinajstić information content (AvgIpc) is 2.60. The van der Waals surface area contributed by atoms with E-state index in [0.717, 1.165) is 34.1 Å². The molecule has 0 unspecified atom stereocenters. The highest BCUT2D eigenvalue weighted by atomic mass is 32.2. The largest absolute Gasteiger partial charge is 0.460 e. The highest BCUT2D eigenvalue weighted by molar-refractivity contribution is 7.89. The van der Waals surface area contributed by atoms with Crippen molar-refractivity contribution in [1.82, 2.24) is 4.31 Å². The second-order valence-electron chi connectivity index (χ2n) is 5.21. The molecule has 0 atom stereocenters. The fourth-order valence-corrected chi connectivity index (χ4v) is 3.10. The van der Waals surface area contributed by atoms with Crippen LogP contribution in [0.3, 0.4) is 0 Å². The van der Waals surface area contributed by atoms with Crippen molar-refractivity contribution in [3.8, 4) is 0 Å². The summed E-state index contributed by atoms with van der Waals surface area (Å²) < 4.78 is 43.3. The lowest BCUT2D eigenvalue weighted by Gasteiger charge is -2.16. The van der Waals surface area contributed by atoms with E-state index in [1.165, 1.54) is 7.05 Å². The Morgan fingerprint density at radius 1 is 1.12 bits per heavy atom. The first-order chi connectivity index (χ1) is 11.9. The zero-order valence-electron chi connectivity index (χ0n) is 13.6. The fourth-order valence-electron chi connectivity index (χ4n) is 1.99. The van der Waals surface area contributed by atoms with Crippen molar-refractivity contribution in [2.24, 2.45) is 0 Å². The third-order valence-electron chi connectivity index (χ3n) is 3.32. The summed E-state index contributed by atoms with van der Waals surface area (Å²) in [6.07, 6.45) is 3.47. The van der Waals surface area contributed by atoms with Gasteiger partial charge in [-0.05, 0) is 35.9 Å². The van der Waals surface area contributed by atoms with E-state index >= 15 is 0 Å². The Morgan fingerprint density at radius 3 is 2.40 bits per heavy atom. The van der Waals surface area contributed by atoms with Crippen LogP contribution in [0.15, 0.2) is 65.6 Å². The molecule has 0 N–H and O–H groups in total. The minimum Gasteiger partial charge on any atom is -0.460 e. The van der Waals surface area contributed by atoms with Crippen LogP contribution in [0.25, 0.3) is 6.08 Å². The number of sulfonamides is 1. The third kappa shape index (κ3) is 5.51. The first-order valence-electron chi connectivity index (χ1n) is 7.49. The second-order valence-corrected chi connectivity index (χ2v) is 7.26. The van der Waals surface area contributed by atoms with Gasteiger partial charge in [-0.1, -0.05) is 36.4 Å². The van der Waals surface area contributed by atoms with Gasteiger partial charge in [0.2, 0.25) is 10.0 Å². The molecule has 0 saturated heterocycles. The highest BCUT2D eigenvalue weighted by Crippen LogP contribution is 2.14. The molecular weight excluding hydrogens is 345 g/mol. The maximum atomic E-state index is 12.9. The zero-order valence-corrected chi connectivity index (χ0v) is 14.4. The van der Waals surface area contributed by atoms with Crippen molar-refractivity contribution in [2.45, 2.75) is 4.90 Å². The lowest BCUT2D eigenvalue weighted by atomic mass is 10.2. The van der Waals surface area contributed by atoms with Crippen LogP contribution in [0, 0.1) is 5.82 Å². The molecule has 132 valence electrons. The number of rotatable bonds is 7. The summed E-state index contributed by atoms with van der Waals surface area (Å²) in [6.45, 7) is -0.392. The van der Waals surface area contributed by atoms with Crippen LogP contribution < -0.4 is 0 Å².